The number of hydrogen-bond acceptors (Lipinski definition) is 3. The normalized spacial score (nSPS) is 26.4. The number of amides is 4. The van der Waals surface area contributed by atoms with E-state index < -0.39 is 23.3 Å². The van der Waals surface area contributed by atoms with Crippen LogP contribution in [0, 0.1) is 5.41 Å². The third-order valence-electron chi connectivity index (χ3n) is 4.20. The van der Waals surface area contributed by atoms with Gasteiger partial charge in [-0.05, 0) is 37.7 Å². The van der Waals surface area contributed by atoms with Crippen LogP contribution in [0.4, 0.5) is 4.79 Å². The molecule has 0 radical (unpaired) electrons. The van der Waals surface area contributed by atoms with Gasteiger partial charge in [0, 0.05) is 7.05 Å². The molecule has 2 aliphatic rings. The summed E-state index contributed by atoms with van der Waals surface area (Å²) in [5, 5.41) is 2.31. The number of barbiturate groups is 1. The van der Waals surface area contributed by atoms with Gasteiger partial charge in [0.15, 0.2) is 0 Å². The molecular weight excluding hydrogens is 268 g/mol. The SMILES string of the molecule is CC.CCC1(C2=CCCCCC2)C(=O)NC(=O)N(C)C1=O. The van der Waals surface area contributed by atoms with Crippen molar-refractivity contribution in [2.45, 2.75) is 59.3 Å². The van der Waals surface area contributed by atoms with Crippen LogP contribution in [0.25, 0.3) is 0 Å². The number of imide groups is 2. The molecule has 0 bridgehead atoms. The standard InChI is InChI=1S/C14H20N2O3.C2H6/c1-3-14(10-8-6-4-5-7-9-10)11(17)15-13(19)16(2)12(14)18;1-2/h8H,3-7,9H2,1-2H3,(H,15,17,19);1-2H3. The van der Waals surface area contributed by atoms with Crippen molar-refractivity contribution in [3.05, 3.63) is 11.6 Å². The Morgan fingerprint density at radius 1 is 1.19 bits per heavy atom. The predicted molar refractivity (Wildman–Crippen MR) is 81.5 cm³/mol. The Morgan fingerprint density at radius 3 is 2.48 bits per heavy atom. The number of carbonyl (C=O) groups excluding carboxylic acids is 3. The number of rotatable bonds is 2. The molecule has 4 amide bonds. The summed E-state index contributed by atoms with van der Waals surface area (Å²) in [7, 11) is 1.42. The lowest BCUT2D eigenvalue weighted by molar-refractivity contribution is -0.148. The number of carbonyl (C=O) groups is 3. The maximum atomic E-state index is 12.5. The van der Waals surface area contributed by atoms with E-state index in [4.69, 9.17) is 0 Å². The Hall–Kier alpha value is -1.65. The predicted octanol–water partition coefficient (Wildman–Crippen LogP) is 3.01. The zero-order valence-corrected chi connectivity index (χ0v) is 13.5. The Balaban J connectivity index is 0.00000106. The Bertz CT molecular complexity index is 456. The van der Waals surface area contributed by atoms with Gasteiger partial charge in [0.2, 0.25) is 11.8 Å². The summed E-state index contributed by atoms with van der Waals surface area (Å²) in [6.07, 6.45) is 7.27. The van der Waals surface area contributed by atoms with E-state index >= 15 is 0 Å². The summed E-state index contributed by atoms with van der Waals surface area (Å²) in [4.78, 5) is 37.4. The molecule has 0 spiro atoms. The van der Waals surface area contributed by atoms with E-state index in [0.29, 0.717) is 6.42 Å². The van der Waals surface area contributed by atoms with Crippen LogP contribution < -0.4 is 5.32 Å². The molecule has 1 fully saturated rings. The van der Waals surface area contributed by atoms with E-state index in [2.05, 4.69) is 5.32 Å². The van der Waals surface area contributed by atoms with Crippen molar-refractivity contribution in [1.29, 1.82) is 0 Å². The van der Waals surface area contributed by atoms with E-state index in [-0.39, 0.29) is 0 Å². The van der Waals surface area contributed by atoms with Crippen LogP contribution in [0.2, 0.25) is 0 Å². The van der Waals surface area contributed by atoms with Gasteiger partial charge < -0.3 is 0 Å². The highest BCUT2D eigenvalue weighted by Crippen LogP contribution is 2.40. The average Bonchev–Trinajstić information content (AvgIpc) is 2.78. The van der Waals surface area contributed by atoms with Crippen LogP contribution in [0.5, 0.6) is 0 Å². The van der Waals surface area contributed by atoms with Crippen molar-refractivity contribution in [2.24, 2.45) is 5.41 Å². The average molecular weight is 294 g/mol. The lowest BCUT2D eigenvalue weighted by Crippen LogP contribution is -2.63. The van der Waals surface area contributed by atoms with Crippen molar-refractivity contribution in [1.82, 2.24) is 10.2 Å². The van der Waals surface area contributed by atoms with E-state index in [9.17, 15) is 14.4 Å². The zero-order valence-electron chi connectivity index (χ0n) is 13.5. The summed E-state index contributed by atoms with van der Waals surface area (Å²) >= 11 is 0. The molecule has 0 aromatic heterocycles. The van der Waals surface area contributed by atoms with E-state index in [1.54, 1.807) is 0 Å². The van der Waals surface area contributed by atoms with Gasteiger partial charge in [0.25, 0.3) is 0 Å². The molecule has 1 aliphatic carbocycles. The van der Waals surface area contributed by atoms with Gasteiger partial charge in [0.05, 0.1) is 0 Å². The lowest BCUT2D eigenvalue weighted by atomic mass is 9.72. The van der Waals surface area contributed by atoms with Crippen LogP contribution in [-0.4, -0.2) is 29.8 Å². The molecule has 1 saturated heterocycles. The third kappa shape index (κ3) is 3.01. The van der Waals surface area contributed by atoms with Crippen molar-refractivity contribution in [3.63, 3.8) is 0 Å². The van der Waals surface area contributed by atoms with Gasteiger partial charge in [-0.25, -0.2) is 4.79 Å². The van der Waals surface area contributed by atoms with Gasteiger partial charge in [-0.1, -0.05) is 33.3 Å². The smallest absolute Gasteiger partial charge is 0.276 e. The molecule has 118 valence electrons. The topological polar surface area (TPSA) is 66.5 Å². The first-order valence-electron chi connectivity index (χ1n) is 7.87. The van der Waals surface area contributed by atoms with Crippen LogP contribution in [0.3, 0.4) is 0 Å². The molecule has 1 heterocycles. The second kappa shape index (κ2) is 7.38. The van der Waals surface area contributed by atoms with Crippen molar-refractivity contribution in [3.8, 4) is 0 Å². The third-order valence-corrected chi connectivity index (χ3v) is 4.20. The minimum absolute atomic E-state index is 0.390. The van der Waals surface area contributed by atoms with Crippen LogP contribution in [0.1, 0.15) is 59.3 Å². The molecule has 1 N–H and O–H groups in total. The summed E-state index contributed by atoms with van der Waals surface area (Å²) in [6.45, 7) is 5.83. The molecule has 2 rings (SSSR count). The van der Waals surface area contributed by atoms with Crippen LogP contribution in [-0.2, 0) is 9.59 Å². The monoisotopic (exact) mass is 294 g/mol. The largest absolute Gasteiger partial charge is 0.330 e. The zero-order chi connectivity index (χ0) is 16.0. The highest BCUT2D eigenvalue weighted by atomic mass is 16.2. The molecule has 1 unspecified atom stereocenters. The summed E-state index contributed by atoms with van der Waals surface area (Å²) in [5.74, 6) is -0.854. The Labute approximate surface area is 126 Å². The first kappa shape index (κ1) is 17.4. The molecule has 21 heavy (non-hydrogen) atoms. The summed E-state index contributed by atoms with van der Waals surface area (Å²) in [6, 6.07) is -0.631. The summed E-state index contributed by atoms with van der Waals surface area (Å²) < 4.78 is 0. The second-order valence-electron chi connectivity index (χ2n) is 5.21. The Kier molecular flexibility index (Phi) is 6.12. The number of allylic oxidation sites excluding steroid dienone is 1. The van der Waals surface area contributed by atoms with E-state index in [0.717, 1.165) is 42.6 Å². The highest BCUT2D eigenvalue weighted by Gasteiger charge is 2.53. The fourth-order valence-electron chi connectivity index (χ4n) is 2.99. The van der Waals surface area contributed by atoms with Gasteiger partial charge >= 0.3 is 6.03 Å². The molecule has 5 heteroatoms. The maximum absolute atomic E-state index is 12.5. The van der Waals surface area contributed by atoms with E-state index in [1.807, 2.05) is 26.8 Å². The van der Waals surface area contributed by atoms with E-state index in [1.165, 1.54) is 7.05 Å². The van der Waals surface area contributed by atoms with Gasteiger partial charge in [-0.3, -0.25) is 19.8 Å². The van der Waals surface area contributed by atoms with Gasteiger partial charge in [-0.15, -0.1) is 0 Å². The molecule has 0 saturated carbocycles. The van der Waals surface area contributed by atoms with Crippen LogP contribution >= 0.6 is 0 Å². The highest BCUT2D eigenvalue weighted by molar-refractivity contribution is 6.20. The van der Waals surface area contributed by atoms with Crippen molar-refractivity contribution < 1.29 is 14.4 Å². The summed E-state index contributed by atoms with van der Waals surface area (Å²) in [5.41, 5.74) is -0.290. The molecule has 0 aromatic rings. The number of hydrogen-bond donors (Lipinski definition) is 1. The molecule has 1 atom stereocenters. The molecule has 5 nitrogen and oxygen atoms in total. The first-order chi connectivity index (χ1) is 10.0. The van der Waals surface area contributed by atoms with Gasteiger partial charge in [-0.2, -0.15) is 0 Å². The minimum atomic E-state index is -1.17. The quantitative estimate of drug-likeness (QED) is 0.629. The molecule has 1 aliphatic heterocycles. The maximum Gasteiger partial charge on any atom is 0.330 e. The van der Waals surface area contributed by atoms with Gasteiger partial charge in [0.1, 0.15) is 5.41 Å². The molecule has 0 aromatic carbocycles. The minimum Gasteiger partial charge on any atom is -0.276 e. The first-order valence-corrected chi connectivity index (χ1v) is 7.87. The number of nitrogens with one attached hydrogen (secondary N) is 1. The number of urea groups is 1. The Morgan fingerprint density at radius 2 is 1.86 bits per heavy atom. The van der Waals surface area contributed by atoms with Crippen LogP contribution in [0.15, 0.2) is 11.6 Å². The second-order valence-corrected chi connectivity index (χ2v) is 5.21. The fourth-order valence-corrected chi connectivity index (χ4v) is 2.99. The number of nitrogens with zero attached hydrogens (tertiary/aromatic N) is 1. The van der Waals surface area contributed by atoms with Crippen molar-refractivity contribution >= 4 is 17.8 Å². The lowest BCUT2D eigenvalue weighted by Gasteiger charge is -2.39. The molecular formula is C16H26N2O3. The van der Waals surface area contributed by atoms with Crippen molar-refractivity contribution in [2.75, 3.05) is 7.05 Å². The fraction of sp³-hybridized carbons (Fsp3) is 0.688.